The Hall–Kier alpha value is -8.26. The Labute approximate surface area is 633 Å². The molecule has 1 saturated heterocycles. The lowest BCUT2D eigenvalue weighted by molar-refractivity contribution is 0.103. The number of benzene rings is 7. The first-order valence-electron chi connectivity index (χ1n) is 35.3. The molecule has 16 rings (SSSR count). The van der Waals surface area contributed by atoms with Gasteiger partial charge in [-0.3, -0.25) is 19.7 Å². The zero-order chi connectivity index (χ0) is 71.0. The summed E-state index contributed by atoms with van der Waals surface area (Å²) in [6.07, 6.45) is 12.4. The summed E-state index contributed by atoms with van der Waals surface area (Å²) in [5, 5.41) is 24.4. The van der Waals surface area contributed by atoms with Gasteiger partial charge in [0.1, 0.15) is 5.69 Å². The molecule has 0 bridgehead atoms. The molecule has 103 heavy (non-hydrogen) atoms. The number of halogens is 1. The maximum atomic E-state index is 13.1. The molecule has 2 unspecified atom stereocenters. The predicted octanol–water partition coefficient (Wildman–Crippen LogP) is 22.2. The fourth-order valence-electron chi connectivity index (χ4n) is 13.0. The normalized spacial score (nSPS) is 12.6. The van der Waals surface area contributed by atoms with Gasteiger partial charge in [0.2, 0.25) is 5.78 Å². The van der Waals surface area contributed by atoms with E-state index in [9.17, 15) is 9.90 Å². The molecule has 1 aliphatic rings. The summed E-state index contributed by atoms with van der Waals surface area (Å²) in [6.45, 7) is 11.2. The van der Waals surface area contributed by atoms with E-state index in [0.717, 1.165) is 57.7 Å². The molecule has 15 heteroatoms. The SMILES string of the molecule is Brc1c(CCOCc2ccccc2)sc2ccccc12.CC(c1ccccn1)c1c(CCN2CCCC2)sc2ccccc12.CC(c1ccccn1)c1c(CCO)sc2ccccc12.O=C(c1ccccn1)c1c(CCOCc2ccccc2)sc2ccccc12.OCCc1cc2ccccc2s1. The van der Waals surface area contributed by atoms with Crippen LogP contribution in [0.5, 0.6) is 0 Å². The lowest BCUT2D eigenvalue weighted by Gasteiger charge is -2.17. The second-order valence-electron chi connectivity index (χ2n) is 25.2. The molecule has 2 N–H and O–H groups in total. The number of rotatable bonds is 23. The number of likely N-dealkylation sites (tertiary alicyclic amines) is 1. The maximum absolute atomic E-state index is 13.1. The van der Waals surface area contributed by atoms with Gasteiger partial charge in [0, 0.05) is 156 Å². The minimum absolute atomic E-state index is 0.0221. The summed E-state index contributed by atoms with van der Waals surface area (Å²) in [7, 11) is 0. The van der Waals surface area contributed by atoms with E-state index in [1.807, 2.05) is 132 Å². The predicted molar refractivity (Wildman–Crippen MR) is 439 cm³/mol. The second-order valence-corrected chi connectivity index (χ2v) is 31.7. The summed E-state index contributed by atoms with van der Waals surface area (Å²) in [4.78, 5) is 35.5. The van der Waals surface area contributed by atoms with Crippen LogP contribution in [0.2, 0.25) is 0 Å². The van der Waals surface area contributed by atoms with Gasteiger partial charge in [-0.25, -0.2) is 0 Å². The van der Waals surface area contributed by atoms with Crippen molar-refractivity contribution >= 4 is 129 Å². The smallest absolute Gasteiger partial charge is 0.213 e. The van der Waals surface area contributed by atoms with E-state index < -0.39 is 0 Å². The number of aliphatic hydroxyl groups excluding tert-OH is 2. The molecule has 7 aromatic carbocycles. The standard InChI is InChI=1S/C23H19NO2S.C21H24N2S.C17H15BrOS.C17H17NOS.C10H10OS/c25-23(19-11-6-7-14-24-19)22-18-10-4-5-12-20(18)27-21(22)13-15-26-16-17-8-2-1-3-9-17;1-16(18-9-4-5-12-22-18)21-17-8-2-3-10-19(17)24-20(21)11-15-23-13-6-7-14-23;18-17-14-8-4-5-9-15(14)20-16(17)10-11-19-12-13-6-2-1-3-7-13;1-12(14-7-4-5-10-18-14)17-13-6-2-3-8-15(13)20-16(17)9-11-19;11-6-5-9-7-8-3-1-2-4-10(8)12-9/h1-12,14H,13,15-16H2;2-5,8-10,12,16H,6-7,11,13-15H2,1H3;1-9H,10-12H2;2-8,10,12,19H,9,11H2,1H3;1-4,7,11H,5-6H2. The lowest BCUT2D eigenvalue weighted by Crippen LogP contribution is -2.22. The number of carbonyl (C=O) groups excluding carboxylic acids is 1. The molecule has 524 valence electrons. The third-order valence-electron chi connectivity index (χ3n) is 18.1. The highest BCUT2D eigenvalue weighted by molar-refractivity contribution is 9.10. The molecule has 2 atom stereocenters. The summed E-state index contributed by atoms with van der Waals surface area (Å²) < 4.78 is 19.3. The van der Waals surface area contributed by atoms with Crippen molar-refractivity contribution in [2.45, 2.75) is 83.8 Å². The van der Waals surface area contributed by atoms with Gasteiger partial charge in [-0.2, -0.15) is 0 Å². The molecule has 9 heterocycles. The van der Waals surface area contributed by atoms with Crippen molar-refractivity contribution in [3.8, 4) is 0 Å². The number of aliphatic hydroxyl groups is 2. The number of nitrogens with zero attached hydrogens (tertiary/aromatic N) is 4. The van der Waals surface area contributed by atoms with Crippen LogP contribution in [0.25, 0.3) is 50.4 Å². The van der Waals surface area contributed by atoms with E-state index in [2.05, 4.69) is 189 Å². The number of ketones is 1. The molecular weight excluding hydrogens is 1430 g/mol. The zero-order valence-corrected chi connectivity index (χ0v) is 63.8. The average Bonchev–Trinajstić information content (AvgIpc) is 1.67. The molecular formula is C88H85BrN4O5S5. The fourth-order valence-corrected chi connectivity index (χ4v) is 19.8. The zero-order valence-electron chi connectivity index (χ0n) is 58.1. The molecule has 9 nitrogen and oxygen atoms in total. The third-order valence-corrected chi connectivity index (χ3v) is 25.4. The van der Waals surface area contributed by atoms with Gasteiger partial charge < -0.3 is 24.6 Å². The van der Waals surface area contributed by atoms with Gasteiger partial charge in [0.25, 0.3) is 0 Å². The second kappa shape index (κ2) is 38.5. The molecule has 1 aliphatic heterocycles. The van der Waals surface area contributed by atoms with E-state index in [1.54, 1.807) is 51.2 Å². The van der Waals surface area contributed by atoms with Gasteiger partial charge in [-0.05, 0) is 159 Å². The summed E-state index contributed by atoms with van der Waals surface area (Å²) in [5.74, 6) is 0.566. The van der Waals surface area contributed by atoms with Crippen molar-refractivity contribution in [2.75, 3.05) is 46.1 Å². The number of carbonyl (C=O) groups is 1. The lowest BCUT2D eigenvalue weighted by atomic mass is 9.93. The quantitative estimate of drug-likeness (QED) is 0.0477. The van der Waals surface area contributed by atoms with Crippen molar-refractivity contribution in [2.24, 2.45) is 0 Å². The van der Waals surface area contributed by atoms with Crippen LogP contribution in [0.3, 0.4) is 0 Å². The van der Waals surface area contributed by atoms with Gasteiger partial charge in [0.15, 0.2) is 0 Å². The van der Waals surface area contributed by atoms with Crippen molar-refractivity contribution in [1.82, 2.24) is 19.9 Å². The highest BCUT2D eigenvalue weighted by atomic mass is 79.9. The van der Waals surface area contributed by atoms with Crippen LogP contribution in [0, 0.1) is 0 Å². The highest BCUT2D eigenvalue weighted by Gasteiger charge is 2.24. The Morgan fingerprint density at radius 1 is 0.447 bits per heavy atom. The number of hydrogen-bond acceptors (Lipinski definition) is 14. The highest BCUT2D eigenvalue weighted by Crippen LogP contribution is 2.42. The van der Waals surface area contributed by atoms with E-state index in [4.69, 9.17) is 14.6 Å². The van der Waals surface area contributed by atoms with Gasteiger partial charge in [0.05, 0.1) is 26.4 Å². The van der Waals surface area contributed by atoms with Crippen molar-refractivity contribution < 1.29 is 24.5 Å². The monoisotopic (exact) mass is 1520 g/mol. The number of pyridine rings is 3. The minimum Gasteiger partial charge on any atom is -0.396 e. The molecule has 0 aliphatic carbocycles. The van der Waals surface area contributed by atoms with Crippen LogP contribution >= 0.6 is 72.6 Å². The summed E-state index contributed by atoms with van der Waals surface area (Å²) >= 11 is 12.7. The molecule has 15 aromatic rings. The molecule has 0 saturated carbocycles. The Kier molecular flexibility index (Phi) is 27.8. The Bertz CT molecular complexity index is 5040. The van der Waals surface area contributed by atoms with E-state index in [-0.39, 0.29) is 24.9 Å². The van der Waals surface area contributed by atoms with Crippen molar-refractivity contribution in [3.63, 3.8) is 0 Å². The third kappa shape index (κ3) is 20.0. The van der Waals surface area contributed by atoms with Gasteiger partial charge in [-0.15, -0.1) is 56.7 Å². The van der Waals surface area contributed by atoms with Gasteiger partial charge >= 0.3 is 0 Å². The van der Waals surface area contributed by atoms with Crippen molar-refractivity contribution in [3.05, 3.63) is 335 Å². The van der Waals surface area contributed by atoms with Crippen LogP contribution in [0.1, 0.15) is 113 Å². The van der Waals surface area contributed by atoms with Crippen LogP contribution in [-0.2, 0) is 54.8 Å². The van der Waals surface area contributed by atoms with Gasteiger partial charge in [-0.1, -0.05) is 184 Å². The Balaban J connectivity index is 0.000000124. The van der Waals surface area contributed by atoms with E-state index in [0.29, 0.717) is 44.3 Å². The van der Waals surface area contributed by atoms with Crippen molar-refractivity contribution in [1.29, 1.82) is 0 Å². The molecule has 0 amide bonds. The minimum atomic E-state index is -0.0221. The van der Waals surface area contributed by atoms with Crippen LogP contribution in [-0.4, -0.2) is 81.9 Å². The van der Waals surface area contributed by atoms with E-state index >= 15 is 0 Å². The first kappa shape index (κ1) is 74.5. The first-order valence-corrected chi connectivity index (χ1v) is 40.2. The van der Waals surface area contributed by atoms with Crippen LogP contribution in [0.15, 0.2) is 266 Å². The molecule has 0 radical (unpaired) electrons. The first-order chi connectivity index (χ1) is 50.7. The number of ether oxygens (including phenoxy) is 2. The largest absolute Gasteiger partial charge is 0.396 e. The van der Waals surface area contributed by atoms with Crippen LogP contribution in [0.4, 0.5) is 0 Å². The number of fused-ring (bicyclic) bond motifs is 5. The average molecular weight is 1520 g/mol. The Morgan fingerprint density at radius 3 is 1.40 bits per heavy atom. The summed E-state index contributed by atoms with van der Waals surface area (Å²) in [5.41, 5.74) is 8.68. The topological polar surface area (TPSA) is 118 Å². The fraction of sp³-hybridized carbons (Fsp3) is 0.227. The number of aromatic nitrogens is 3. The molecule has 0 spiro atoms. The number of hydrogen-bond donors (Lipinski definition) is 2. The van der Waals surface area contributed by atoms with E-state index in [1.165, 1.54) is 114 Å². The Morgan fingerprint density at radius 2 is 0.883 bits per heavy atom. The number of thiophene rings is 5. The van der Waals surface area contributed by atoms with Crippen LogP contribution < -0.4 is 0 Å². The molecule has 1 fully saturated rings. The summed E-state index contributed by atoms with van der Waals surface area (Å²) in [6, 6.07) is 82.4. The molecule has 8 aromatic heterocycles. The maximum Gasteiger partial charge on any atom is 0.213 e.